The van der Waals surface area contributed by atoms with Gasteiger partial charge in [0, 0.05) is 26.7 Å². The predicted molar refractivity (Wildman–Crippen MR) is 96.3 cm³/mol. The highest BCUT2D eigenvalue weighted by molar-refractivity contribution is 5.87. The molecule has 1 aromatic carbocycles. The van der Waals surface area contributed by atoms with Gasteiger partial charge in [0.1, 0.15) is 5.82 Å². The van der Waals surface area contributed by atoms with Crippen LogP contribution in [0.3, 0.4) is 0 Å². The summed E-state index contributed by atoms with van der Waals surface area (Å²) in [5, 5.41) is 8.81. The Labute approximate surface area is 141 Å². The first-order valence-corrected chi connectivity index (χ1v) is 8.45. The van der Waals surface area contributed by atoms with Gasteiger partial charge < -0.3 is 10.2 Å². The van der Waals surface area contributed by atoms with E-state index in [-0.39, 0.29) is 0 Å². The molecule has 124 valence electrons. The second kappa shape index (κ2) is 6.11. The van der Waals surface area contributed by atoms with Gasteiger partial charge >= 0.3 is 0 Å². The van der Waals surface area contributed by atoms with E-state index in [9.17, 15) is 0 Å². The smallest absolute Gasteiger partial charge is 0.229 e. The minimum Gasteiger partial charge on any atom is -0.365 e. The number of fused-ring (bicyclic) bond motifs is 1. The van der Waals surface area contributed by atoms with Crippen LogP contribution >= 0.6 is 0 Å². The second-order valence-electron chi connectivity index (χ2n) is 6.35. The molecule has 1 aliphatic rings. The third kappa shape index (κ3) is 2.68. The number of hydrogen-bond donors (Lipinski definition) is 1. The number of aryl methyl sites for hydroxylation is 2. The van der Waals surface area contributed by atoms with Gasteiger partial charge in [-0.3, -0.25) is 4.68 Å². The number of nitrogens with zero attached hydrogens (tertiary/aromatic N) is 5. The molecule has 1 N–H and O–H groups in total. The molecule has 0 atom stereocenters. The first-order valence-electron chi connectivity index (χ1n) is 8.45. The molecule has 0 unspecified atom stereocenters. The largest absolute Gasteiger partial charge is 0.365 e. The van der Waals surface area contributed by atoms with E-state index in [4.69, 9.17) is 9.97 Å². The van der Waals surface area contributed by atoms with Crippen molar-refractivity contribution in [3.8, 4) is 0 Å². The Morgan fingerprint density at radius 2 is 1.92 bits per heavy atom. The van der Waals surface area contributed by atoms with Crippen molar-refractivity contribution in [3.05, 3.63) is 41.6 Å². The number of benzene rings is 1. The summed E-state index contributed by atoms with van der Waals surface area (Å²) in [6.45, 7) is 4.93. The molecule has 0 amide bonds. The lowest BCUT2D eigenvalue weighted by molar-refractivity contribution is 0.782. The van der Waals surface area contributed by atoms with Crippen molar-refractivity contribution >= 4 is 22.8 Å². The molecule has 4 rings (SSSR count). The maximum atomic E-state index is 4.79. The lowest BCUT2D eigenvalue weighted by Crippen LogP contribution is -2.21. The summed E-state index contributed by atoms with van der Waals surface area (Å²) in [5.74, 6) is 1.66. The van der Waals surface area contributed by atoms with E-state index in [0.717, 1.165) is 42.4 Å². The van der Waals surface area contributed by atoms with Gasteiger partial charge in [0.15, 0.2) is 5.65 Å². The molecule has 1 fully saturated rings. The van der Waals surface area contributed by atoms with Crippen LogP contribution < -0.4 is 10.2 Å². The zero-order chi connectivity index (χ0) is 16.5. The van der Waals surface area contributed by atoms with Crippen molar-refractivity contribution in [2.75, 3.05) is 23.3 Å². The lowest BCUT2D eigenvalue weighted by atomic mass is 10.1. The van der Waals surface area contributed by atoms with Crippen LogP contribution in [-0.4, -0.2) is 32.8 Å². The van der Waals surface area contributed by atoms with Crippen LogP contribution in [0.5, 0.6) is 0 Å². The SMILES string of the molecule is Cc1ccccc1CNc1nc(N2CCCC2)nc2c1cnn2C. The molecule has 0 aliphatic carbocycles. The number of aromatic nitrogens is 4. The molecule has 3 aromatic rings. The third-order valence-corrected chi connectivity index (χ3v) is 4.68. The molecule has 6 nitrogen and oxygen atoms in total. The maximum Gasteiger partial charge on any atom is 0.229 e. The van der Waals surface area contributed by atoms with E-state index in [0.29, 0.717) is 0 Å². The highest BCUT2D eigenvalue weighted by atomic mass is 15.3. The Kier molecular flexibility index (Phi) is 3.80. The average Bonchev–Trinajstić information content (AvgIpc) is 3.24. The van der Waals surface area contributed by atoms with Crippen LogP contribution in [0.2, 0.25) is 0 Å². The molecule has 0 saturated carbocycles. The molecule has 0 radical (unpaired) electrons. The number of anilines is 2. The Bertz CT molecular complexity index is 863. The minimum atomic E-state index is 0.743. The number of nitrogens with one attached hydrogen (secondary N) is 1. The van der Waals surface area contributed by atoms with E-state index in [1.807, 2.05) is 17.9 Å². The monoisotopic (exact) mass is 322 g/mol. The molecule has 0 bridgehead atoms. The molecule has 2 aromatic heterocycles. The van der Waals surface area contributed by atoms with Crippen molar-refractivity contribution in [1.82, 2.24) is 19.7 Å². The highest BCUT2D eigenvalue weighted by Gasteiger charge is 2.19. The molecule has 1 saturated heterocycles. The minimum absolute atomic E-state index is 0.743. The molecule has 1 aliphatic heterocycles. The summed E-state index contributed by atoms with van der Waals surface area (Å²) in [4.78, 5) is 11.8. The predicted octanol–water partition coefficient (Wildman–Crippen LogP) is 2.88. The van der Waals surface area contributed by atoms with Crippen LogP contribution in [0, 0.1) is 6.92 Å². The highest BCUT2D eigenvalue weighted by Crippen LogP contribution is 2.25. The van der Waals surface area contributed by atoms with Gasteiger partial charge in [-0.2, -0.15) is 15.1 Å². The van der Waals surface area contributed by atoms with Gasteiger partial charge in [-0.15, -0.1) is 0 Å². The quantitative estimate of drug-likeness (QED) is 0.800. The molecule has 24 heavy (non-hydrogen) atoms. The van der Waals surface area contributed by atoms with Crippen LogP contribution in [0.25, 0.3) is 11.0 Å². The van der Waals surface area contributed by atoms with Crippen molar-refractivity contribution in [1.29, 1.82) is 0 Å². The summed E-state index contributed by atoms with van der Waals surface area (Å²) in [6, 6.07) is 8.41. The summed E-state index contributed by atoms with van der Waals surface area (Å²) < 4.78 is 1.82. The van der Waals surface area contributed by atoms with Gasteiger partial charge in [0.25, 0.3) is 0 Å². The van der Waals surface area contributed by atoms with Crippen molar-refractivity contribution in [3.63, 3.8) is 0 Å². The first kappa shape index (κ1) is 14.9. The average molecular weight is 322 g/mol. The first-order chi connectivity index (χ1) is 11.7. The van der Waals surface area contributed by atoms with Gasteiger partial charge in [-0.25, -0.2) is 0 Å². The van der Waals surface area contributed by atoms with Crippen molar-refractivity contribution in [2.45, 2.75) is 26.3 Å². The fourth-order valence-corrected chi connectivity index (χ4v) is 3.19. The van der Waals surface area contributed by atoms with E-state index >= 15 is 0 Å². The van der Waals surface area contributed by atoms with E-state index in [2.05, 4.69) is 46.5 Å². The third-order valence-electron chi connectivity index (χ3n) is 4.68. The maximum absolute atomic E-state index is 4.79. The topological polar surface area (TPSA) is 58.9 Å². The van der Waals surface area contributed by atoms with E-state index in [1.165, 1.54) is 24.0 Å². The number of hydrogen-bond acceptors (Lipinski definition) is 5. The standard InChI is InChI=1S/C18H22N6/c1-13-7-3-4-8-14(13)11-19-16-15-12-20-23(2)17(15)22-18(21-16)24-9-5-6-10-24/h3-4,7-8,12H,5-6,9-11H2,1-2H3,(H,19,21,22). The van der Waals surface area contributed by atoms with Crippen LogP contribution in [-0.2, 0) is 13.6 Å². The Balaban J connectivity index is 1.69. The van der Waals surface area contributed by atoms with Crippen LogP contribution in [0.1, 0.15) is 24.0 Å². The van der Waals surface area contributed by atoms with Gasteiger partial charge in [-0.1, -0.05) is 24.3 Å². The van der Waals surface area contributed by atoms with Gasteiger partial charge in [0.2, 0.25) is 5.95 Å². The Morgan fingerprint density at radius 1 is 1.12 bits per heavy atom. The molecular formula is C18H22N6. The van der Waals surface area contributed by atoms with Gasteiger partial charge in [0.05, 0.1) is 11.6 Å². The zero-order valence-electron chi connectivity index (χ0n) is 14.2. The molecule has 3 heterocycles. The Hall–Kier alpha value is -2.63. The lowest BCUT2D eigenvalue weighted by Gasteiger charge is -2.17. The fourth-order valence-electron chi connectivity index (χ4n) is 3.19. The molecule has 0 spiro atoms. The second-order valence-corrected chi connectivity index (χ2v) is 6.35. The molecular weight excluding hydrogens is 300 g/mol. The summed E-state index contributed by atoms with van der Waals surface area (Å²) in [7, 11) is 1.92. The van der Waals surface area contributed by atoms with Gasteiger partial charge in [-0.05, 0) is 30.9 Å². The van der Waals surface area contributed by atoms with Crippen LogP contribution in [0.4, 0.5) is 11.8 Å². The normalized spacial score (nSPS) is 14.5. The summed E-state index contributed by atoms with van der Waals surface area (Å²) in [6.07, 6.45) is 4.25. The Morgan fingerprint density at radius 3 is 2.71 bits per heavy atom. The van der Waals surface area contributed by atoms with E-state index < -0.39 is 0 Å². The van der Waals surface area contributed by atoms with Crippen molar-refractivity contribution in [2.24, 2.45) is 7.05 Å². The zero-order valence-corrected chi connectivity index (χ0v) is 14.2. The fraction of sp³-hybridized carbons (Fsp3) is 0.389. The van der Waals surface area contributed by atoms with Crippen molar-refractivity contribution < 1.29 is 0 Å². The summed E-state index contributed by atoms with van der Waals surface area (Å²) >= 11 is 0. The summed E-state index contributed by atoms with van der Waals surface area (Å²) in [5.41, 5.74) is 3.43. The number of rotatable bonds is 4. The van der Waals surface area contributed by atoms with E-state index in [1.54, 1.807) is 0 Å². The van der Waals surface area contributed by atoms with Crippen LogP contribution in [0.15, 0.2) is 30.5 Å². The molecule has 6 heteroatoms.